The Morgan fingerprint density at radius 2 is 1.90 bits per heavy atom. The Bertz CT molecular complexity index is 580. The monoisotopic (exact) mass is 297 g/mol. The first kappa shape index (κ1) is 14.8. The molecule has 2 rings (SSSR count). The van der Waals surface area contributed by atoms with E-state index < -0.39 is 10.0 Å². The minimum absolute atomic E-state index is 0.0204. The number of carbonyl (C=O) groups excluding carboxylic acids is 1. The molecule has 110 valence electrons. The summed E-state index contributed by atoms with van der Waals surface area (Å²) in [6.45, 7) is 0. The smallest absolute Gasteiger partial charge is 0.319 e. The Morgan fingerprint density at radius 1 is 1.20 bits per heavy atom. The van der Waals surface area contributed by atoms with Gasteiger partial charge in [-0.2, -0.15) is 0 Å². The number of anilines is 1. The minimum Gasteiger partial charge on any atom is -0.335 e. The number of sulfonamides is 1. The minimum atomic E-state index is -3.76. The predicted molar refractivity (Wildman–Crippen MR) is 76.8 cm³/mol. The lowest BCUT2D eigenvalue weighted by molar-refractivity contribution is 0.244. The average Bonchev–Trinajstić information content (AvgIpc) is 2.39. The molecule has 20 heavy (non-hydrogen) atoms. The SMILES string of the molecule is NS(=O)(=O)c1cccc(NC(=O)NC2CCCCC2)c1. The summed E-state index contributed by atoms with van der Waals surface area (Å²) in [5.74, 6) is 0. The Labute approximate surface area is 118 Å². The quantitative estimate of drug-likeness (QED) is 0.792. The fourth-order valence-electron chi connectivity index (χ4n) is 2.35. The molecule has 1 aromatic carbocycles. The van der Waals surface area contributed by atoms with Gasteiger partial charge in [0.05, 0.1) is 4.90 Å². The predicted octanol–water partition coefficient (Wildman–Crippen LogP) is 1.79. The van der Waals surface area contributed by atoms with Crippen LogP contribution in [0.25, 0.3) is 0 Å². The second-order valence-corrected chi connectivity index (χ2v) is 6.57. The third kappa shape index (κ3) is 4.21. The van der Waals surface area contributed by atoms with Gasteiger partial charge in [0.2, 0.25) is 10.0 Å². The zero-order valence-electron chi connectivity index (χ0n) is 11.1. The summed E-state index contributed by atoms with van der Waals surface area (Å²) < 4.78 is 22.5. The standard InChI is InChI=1S/C13H19N3O3S/c14-20(18,19)12-8-4-7-11(9-12)16-13(17)15-10-5-2-1-3-6-10/h4,7-10H,1-3,5-6H2,(H2,14,18,19)(H2,15,16,17). The molecule has 0 aliphatic heterocycles. The zero-order valence-corrected chi connectivity index (χ0v) is 11.9. The lowest BCUT2D eigenvalue weighted by atomic mass is 9.96. The highest BCUT2D eigenvalue weighted by Gasteiger charge is 2.16. The van der Waals surface area contributed by atoms with Gasteiger partial charge >= 0.3 is 6.03 Å². The third-order valence-electron chi connectivity index (χ3n) is 3.36. The Morgan fingerprint density at radius 3 is 2.55 bits per heavy atom. The van der Waals surface area contributed by atoms with Crippen molar-refractivity contribution in [3.8, 4) is 0 Å². The van der Waals surface area contributed by atoms with Crippen LogP contribution in [-0.2, 0) is 10.0 Å². The Kier molecular flexibility index (Phi) is 4.61. The van der Waals surface area contributed by atoms with Crippen molar-refractivity contribution in [3.05, 3.63) is 24.3 Å². The molecule has 7 heteroatoms. The number of carbonyl (C=O) groups is 1. The number of benzene rings is 1. The van der Waals surface area contributed by atoms with Gasteiger partial charge in [-0.05, 0) is 31.0 Å². The van der Waals surface area contributed by atoms with Gasteiger partial charge in [-0.1, -0.05) is 25.3 Å². The molecular weight excluding hydrogens is 278 g/mol. The van der Waals surface area contributed by atoms with Crippen molar-refractivity contribution in [2.45, 2.75) is 43.0 Å². The highest BCUT2D eigenvalue weighted by molar-refractivity contribution is 7.89. The summed E-state index contributed by atoms with van der Waals surface area (Å²) in [4.78, 5) is 11.8. The fourth-order valence-corrected chi connectivity index (χ4v) is 2.91. The van der Waals surface area contributed by atoms with E-state index in [9.17, 15) is 13.2 Å². The van der Waals surface area contributed by atoms with E-state index in [2.05, 4.69) is 10.6 Å². The highest BCUT2D eigenvalue weighted by Crippen LogP contribution is 2.18. The molecule has 0 spiro atoms. The van der Waals surface area contributed by atoms with Crippen molar-refractivity contribution in [3.63, 3.8) is 0 Å². The summed E-state index contributed by atoms with van der Waals surface area (Å²) in [6.07, 6.45) is 5.46. The fraction of sp³-hybridized carbons (Fsp3) is 0.462. The van der Waals surface area contributed by atoms with Crippen LogP contribution in [0.1, 0.15) is 32.1 Å². The molecule has 1 aliphatic rings. The van der Waals surface area contributed by atoms with E-state index in [0.29, 0.717) is 5.69 Å². The molecule has 1 aromatic rings. The molecule has 0 heterocycles. The van der Waals surface area contributed by atoms with Crippen LogP contribution in [0.3, 0.4) is 0 Å². The number of nitrogens with one attached hydrogen (secondary N) is 2. The summed E-state index contributed by atoms with van der Waals surface area (Å²) in [5, 5.41) is 10.6. The van der Waals surface area contributed by atoms with Crippen LogP contribution in [0.4, 0.5) is 10.5 Å². The van der Waals surface area contributed by atoms with E-state index in [1.54, 1.807) is 6.07 Å². The van der Waals surface area contributed by atoms with Crippen LogP contribution >= 0.6 is 0 Å². The molecule has 0 bridgehead atoms. The van der Waals surface area contributed by atoms with E-state index in [1.807, 2.05) is 0 Å². The molecule has 1 saturated carbocycles. The van der Waals surface area contributed by atoms with Crippen LogP contribution in [0, 0.1) is 0 Å². The third-order valence-corrected chi connectivity index (χ3v) is 4.27. The van der Waals surface area contributed by atoms with Crippen molar-refractivity contribution >= 4 is 21.7 Å². The summed E-state index contributed by atoms with van der Waals surface area (Å²) in [7, 11) is -3.76. The molecule has 0 unspecified atom stereocenters. The molecule has 0 atom stereocenters. The van der Waals surface area contributed by atoms with Crippen molar-refractivity contribution in [1.82, 2.24) is 5.32 Å². The van der Waals surface area contributed by atoms with Gasteiger partial charge in [0.1, 0.15) is 0 Å². The van der Waals surface area contributed by atoms with Gasteiger partial charge in [0, 0.05) is 11.7 Å². The first-order valence-electron chi connectivity index (χ1n) is 6.65. The lowest BCUT2D eigenvalue weighted by Crippen LogP contribution is -2.39. The molecule has 1 fully saturated rings. The van der Waals surface area contributed by atoms with Crippen molar-refractivity contribution in [2.24, 2.45) is 5.14 Å². The van der Waals surface area contributed by atoms with Gasteiger partial charge in [-0.15, -0.1) is 0 Å². The van der Waals surface area contributed by atoms with Gasteiger partial charge in [0.25, 0.3) is 0 Å². The van der Waals surface area contributed by atoms with Crippen LogP contribution in [0.2, 0.25) is 0 Å². The molecule has 2 amide bonds. The molecule has 4 N–H and O–H groups in total. The van der Waals surface area contributed by atoms with Gasteiger partial charge in [-0.25, -0.2) is 18.4 Å². The first-order chi connectivity index (χ1) is 9.45. The molecule has 0 radical (unpaired) electrons. The maximum atomic E-state index is 11.8. The van der Waals surface area contributed by atoms with Crippen LogP contribution in [-0.4, -0.2) is 20.5 Å². The van der Waals surface area contributed by atoms with Crippen LogP contribution < -0.4 is 15.8 Å². The van der Waals surface area contributed by atoms with Crippen LogP contribution in [0.5, 0.6) is 0 Å². The molecular formula is C13H19N3O3S. The first-order valence-corrected chi connectivity index (χ1v) is 8.20. The van der Waals surface area contributed by atoms with E-state index in [0.717, 1.165) is 25.7 Å². The zero-order chi connectivity index (χ0) is 14.6. The lowest BCUT2D eigenvalue weighted by Gasteiger charge is -2.22. The molecule has 6 nitrogen and oxygen atoms in total. The summed E-state index contributed by atoms with van der Waals surface area (Å²) in [6, 6.07) is 5.77. The van der Waals surface area contributed by atoms with Crippen molar-refractivity contribution in [1.29, 1.82) is 0 Å². The van der Waals surface area contributed by atoms with Gasteiger partial charge < -0.3 is 10.6 Å². The number of nitrogens with two attached hydrogens (primary N) is 1. The Hall–Kier alpha value is -1.60. The second-order valence-electron chi connectivity index (χ2n) is 5.01. The van der Waals surface area contributed by atoms with Crippen molar-refractivity contribution in [2.75, 3.05) is 5.32 Å². The van der Waals surface area contributed by atoms with E-state index in [4.69, 9.17) is 5.14 Å². The van der Waals surface area contributed by atoms with E-state index in [-0.39, 0.29) is 17.0 Å². The largest absolute Gasteiger partial charge is 0.335 e. The number of rotatable bonds is 3. The molecule has 1 aliphatic carbocycles. The van der Waals surface area contributed by atoms with Gasteiger partial charge in [-0.3, -0.25) is 0 Å². The number of primary sulfonamides is 1. The Balaban J connectivity index is 1.97. The van der Waals surface area contributed by atoms with E-state index >= 15 is 0 Å². The maximum absolute atomic E-state index is 11.8. The molecule has 0 aromatic heterocycles. The number of hydrogen-bond acceptors (Lipinski definition) is 3. The number of urea groups is 1. The topological polar surface area (TPSA) is 101 Å². The van der Waals surface area contributed by atoms with Gasteiger partial charge in [0.15, 0.2) is 0 Å². The summed E-state index contributed by atoms with van der Waals surface area (Å²) in [5.41, 5.74) is 0.407. The second kappa shape index (κ2) is 6.23. The van der Waals surface area contributed by atoms with E-state index in [1.165, 1.54) is 24.6 Å². The summed E-state index contributed by atoms with van der Waals surface area (Å²) >= 11 is 0. The molecule has 0 saturated heterocycles. The maximum Gasteiger partial charge on any atom is 0.319 e. The number of amides is 2. The normalized spacial score (nSPS) is 16.6. The van der Waals surface area contributed by atoms with Crippen LogP contribution in [0.15, 0.2) is 29.2 Å². The average molecular weight is 297 g/mol. The van der Waals surface area contributed by atoms with Crippen molar-refractivity contribution < 1.29 is 13.2 Å². The highest BCUT2D eigenvalue weighted by atomic mass is 32.2. The number of hydrogen-bond donors (Lipinski definition) is 3.